The van der Waals surface area contributed by atoms with E-state index < -0.39 is 0 Å². The summed E-state index contributed by atoms with van der Waals surface area (Å²) >= 11 is 0. The van der Waals surface area contributed by atoms with E-state index in [1.165, 1.54) is 14.2 Å². The highest BCUT2D eigenvalue weighted by Gasteiger charge is 2.26. The number of nitrogens with one attached hydrogen (secondary N) is 1. The maximum atomic E-state index is 13.5. The molecule has 0 unspecified atom stereocenters. The lowest BCUT2D eigenvalue weighted by Gasteiger charge is -2.23. The molecule has 3 aromatic carbocycles. The Hall–Kier alpha value is -4.66. The van der Waals surface area contributed by atoms with Crippen molar-refractivity contribution in [1.29, 1.82) is 0 Å². The normalized spacial score (nSPS) is 12.2. The second kappa shape index (κ2) is 9.30. The Morgan fingerprint density at radius 2 is 1.57 bits per heavy atom. The zero-order valence-electron chi connectivity index (χ0n) is 19.3. The molecule has 1 aliphatic rings. The van der Waals surface area contributed by atoms with Gasteiger partial charge in [0.05, 0.1) is 25.6 Å². The molecule has 1 N–H and O–H groups in total. The number of ether oxygens (including phenoxy) is 2. The first-order valence-corrected chi connectivity index (χ1v) is 11.0. The maximum absolute atomic E-state index is 13.5. The van der Waals surface area contributed by atoms with Gasteiger partial charge in [-0.05, 0) is 48.5 Å². The third-order valence-electron chi connectivity index (χ3n) is 5.90. The number of aromatic nitrogens is 3. The number of carbonyl (C=O) groups excluding carboxylic acids is 2. The van der Waals surface area contributed by atoms with E-state index in [1.807, 2.05) is 28.8 Å². The summed E-state index contributed by atoms with van der Waals surface area (Å²) in [4.78, 5) is 28.2. The predicted octanol–water partition coefficient (Wildman–Crippen LogP) is 3.74. The van der Waals surface area contributed by atoms with Gasteiger partial charge in [0.15, 0.2) is 0 Å². The van der Waals surface area contributed by atoms with Crippen LogP contribution in [0.5, 0.6) is 11.5 Å². The van der Waals surface area contributed by atoms with Crippen LogP contribution in [0.15, 0.2) is 73.1 Å². The van der Waals surface area contributed by atoms with Gasteiger partial charge in [-0.25, -0.2) is 0 Å². The van der Waals surface area contributed by atoms with Crippen LogP contribution in [0, 0.1) is 0 Å². The summed E-state index contributed by atoms with van der Waals surface area (Å²) in [5, 5.41) is 11.0. The average Bonchev–Trinajstić information content (AvgIpc) is 3.31. The zero-order chi connectivity index (χ0) is 24.4. The van der Waals surface area contributed by atoms with E-state index in [4.69, 9.17) is 9.47 Å². The molecule has 1 aliphatic heterocycles. The molecule has 5 rings (SSSR count). The lowest BCUT2D eigenvalue weighted by molar-refractivity contribution is 0.0986. The Morgan fingerprint density at radius 1 is 0.886 bits per heavy atom. The molecule has 4 aromatic rings. The molecule has 0 atom stereocenters. The number of nitrogens with zero attached hydrogens (tertiary/aromatic N) is 4. The first-order valence-electron chi connectivity index (χ1n) is 11.0. The van der Waals surface area contributed by atoms with Crippen LogP contribution in [0.3, 0.4) is 0 Å². The summed E-state index contributed by atoms with van der Waals surface area (Å²) in [6.07, 6.45) is 2.24. The monoisotopic (exact) mass is 469 g/mol. The number of para-hydroxylation sites is 2. The largest absolute Gasteiger partial charge is 0.496 e. The lowest BCUT2D eigenvalue weighted by atomic mass is 10.1. The van der Waals surface area contributed by atoms with Crippen molar-refractivity contribution in [3.63, 3.8) is 0 Å². The molecule has 0 aliphatic carbocycles. The van der Waals surface area contributed by atoms with Gasteiger partial charge in [0, 0.05) is 24.2 Å². The van der Waals surface area contributed by atoms with Crippen LogP contribution in [0.2, 0.25) is 0 Å². The Morgan fingerprint density at radius 3 is 2.26 bits per heavy atom. The number of amides is 2. The fourth-order valence-corrected chi connectivity index (χ4v) is 4.19. The van der Waals surface area contributed by atoms with Crippen LogP contribution >= 0.6 is 0 Å². The lowest BCUT2D eigenvalue weighted by Crippen LogP contribution is -2.32. The molecule has 0 fully saturated rings. The third kappa shape index (κ3) is 4.08. The summed E-state index contributed by atoms with van der Waals surface area (Å²) < 4.78 is 12.5. The number of hydrogen-bond donors (Lipinski definition) is 1. The molecule has 2 amide bonds. The van der Waals surface area contributed by atoms with Gasteiger partial charge in [0.25, 0.3) is 11.8 Å². The average molecular weight is 470 g/mol. The number of methoxy groups -OCH3 is 2. The molecule has 9 nitrogen and oxygen atoms in total. The highest BCUT2D eigenvalue weighted by atomic mass is 16.5. The summed E-state index contributed by atoms with van der Waals surface area (Å²) in [6.45, 7) is 0.473. The van der Waals surface area contributed by atoms with Gasteiger partial charge in [-0.15, -0.1) is 10.2 Å². The SMILES string of the molecule is COc1cccc(OC)c1C(=O)Nc1ccc(C(=O)N2CCc3nncn3-c3ccccc32)cc1. The van der Waals surface area contributed by atoms with E-state index in [9.17, 15) is 9.59 Å². The van der Waals surface area contributed by atoms with Crippen molar-refractivity contribution in [1.82, 2.24) is 14.8 Å². The van der Waals surface area contributed by atoms with Crippen LogP contribution < -0.4 is 19.7 Å². The summed E-state index contributed by atoms with van der Waals surface area (Å²) in [5.74, 6) is 1.10. The fraction of sp³-hybridized carbons (Fsp3) is 0.154. The Balaban J connectivity index is 1.38. The molecule has 2 heterocycles. The van der Waals surface area contributed by atoms with Crippen molar-refractivity contribution in [2.24, 2.45) is 0 Å². The standard InChI is InChI=1S/C26H23N5O4/c1-34-21-8-5-9-22(35-2)24(21)25(32)28-18-12-10-17(11-13-18)26(33)30-15-14-23-29-27-16-31(23)20-7-4-3-6-19(20)30/h3-13,16H,14-15H2,1-2H3,(H,28,32). The molecule has 0 saturated carbocycles. The molecule has 0 spiro atoms. The highest BCUT2D eigenvalue weighted by molar-refractivity contribution is 6.09. The zero-order valence-corrected chi connectivity index (χ0v) is 19.3. The predicted molar refractivity (Wildman–Crippen MR) is 131 cm³/mol. The Kier molecular flexibility index (Phi) is 5.88. The van der Waals surface area contributed by atoms with Crippen LogP contribution in [0.1, 0.15) is 26.5 Å². The van der Waals surface area contributed by atoms with Gasteiger partial charge in [-0.3, -0.25) is 14.2 Å². The number of hydrogen-bond acceptors (Lipinski definition) is 6. The number of benzene rings is 3. The molecule has 1 aromatic heterocycles. The van der Waals surface area contributed by atoms with Crippen LogP contribution in [-0.2, 0) is 6.42 Å². The quantitative estimate of drug-likeness (QED) is 0.478. The van der Waals surface area contributed by atoms with Crippen molar-refractivity contribution >= 4 is 23.2 Å². The minimum atomic E-state index is -0.372. The smallest absolute Gasteiger partial charge is 0.263 e. The molecular formula is C26H23N5O4. The Labute approximate surface area is 201 Å². The van der Waals surface area contributed by atoms with E-state index >= 15 is 0 Å². The minimum absolute atomic E-state index is 0.138. The van der Waals surface area contributed by atoms with Gasteiger partial charge in [-0.2, -0.15) is 0 Å². The van der Waals surface area contributed by atoms with Crippen molar-refractivity contribution in [2.75, 3.05) is 31.0 Å². The molecular weight excluding hydrogens is 446 g/mol. The van der Waals surface area contributed by atoms with E-state index in [1.54, 1.807) is 53.7 Å². The molecule has 0 radical (unpaired) electrons. The number of fused-ring (bicyclic) bond motifs is 3. The first-order chi connectivity index (χ1) is 17.1. The van der Waals surface area contributed by atoms with E-state index in [2.05, 4.69) is 15.5 Å². The van der Waals surface area contributed by atoms with Crippen molar-refractivity contribution in [2.45, 2.75) is 6.42 Å². The highest BCUT2D eigenvalue weighted by Crippen LogP contribution is 2.31. The summed E-state index contributed by atoms with van der Waals surface area (Å²) in [5.41, 5.74) is 2.99. The second-order valence-electron chi connectivity index (χ2n) is 7.88. The van der Waals surface area contributed by atoms with Crippen LogP contribution in [-0.4, -0.2) is 47.3 Å². The molecule has 176 valence electrons. The van der Waals surface area contributed by atoms with Gasteiger partial charge < -0.3 is 19.7 Å². The van der Waals surface area contributed by atoms with Crippen molar-refractivity contribution < 1.29 is 19.1 Å². The summed E-state index contributed by atoms with van der Waals surface area (Å²) in [6, 6.07) is 19.6. The number of rotatable bonds is 5. The van der Waals surface area contributed by atoms with E-state index in [-0.39, 0.29) is 11.8 Å². The molecule has 0 bridgehead atoms. The topological polar surface area (TPSA) is 98.6 Å². The molecule has 35 heavy (non-hydrogen) atoms. The molecule has 9 heteroatoms. The van der Waals surface area contributed by atoms with Gasteiger partial charge in [0.2, 0.25) is 0 Å². The Bertz CT molecular complexity index is 1370. The van der Waals surface area contributed by atoms with Crippen molar-refractivity contribution in [3.8, 4) is 17.2 Å². The van der Waals surface area contributed by atoms with Crippen LogP contribution in [0.25, 0.3) is 5.69 Å². The van der Waals surface area contributed by atoms with Gasteiger partial charge in [-0.1, -0.05) is 18.2 Å². The fourth-order valence-electron chi connectivity index (χ4n) is 4.19. The van der Waals surface area contributed by atoms with Crippen LogP contribution in [0.4, 0.5) is 11.4 Å². The maximum Gasteiger partial charge on any atom is 0.263 e. The molecule has 0 saturated heterocycles. The van der Waals surface area contributed by atoms with Gasteiger partial charge >= 0.3 is 0 Å². The van der Waals surface area contributed by atoms with E-state index in [0.717, 1.165) is 17.2 Å². The first kappa shape index (κ1) is 22.1. The number of anilines is 2. The van der Waals surface area contributed by atoms with E-state index in [0.29, 0.717) is 41.3 Å². The van der Waals surface area contributed by atoms with Crippen molar-refractivity contribution in [3.05, 3.63) is 90.0 Å². The second-order valence-corrected chi connectivity index (χ2v) is 7.88. The summed E-state index contributed by atoms with van der Waals surface area (Å²) in [7, 11) is 2.99. The third-order valence-corrected chi connectivity index (χ3v) is 5.90. The van der Waals surface area contributed by atoms with Gasteiger partial charge in [0.1, 0.15) is 29.2 Å². The minimum Gasteiger partial charge on any atom is -0.496 e. The number of carbonyl (C=O) groups is 2.